The Kier molecular flexibility index (Phi) is 3.45. The maximum Gasteiger partial charge on any atom is 0.268 e. The Bertz CT molecular complexity index is 456. The van der Waals surface area contributed by atoms with Crippen molar-refractivity contribution in [2.24, 2.45) is 5.92 Å². The summed E-state index contributed by atoms with van der Waals surface area (Å²) in [5, 5.41) is 9.50. The van der Waals surface area contributed by atoms with Crippen molar-refractivity contribution in [1.29, 1.82) is 0 Å². The minimum atomic E-state index is -0.446. The first-order chi connectivity index (χ1) is 8.52. The van der Waals surface area contributed by atoms with Crippen LogP contribution >= 0.6 is 0 Å². The Morgan fingerprint density at radius 1 is 1.44 bits per heavy atom. The number of benzene rings is 1. The number of amides is 1. The standard InChI is InChI=1S/C14H19NO3/c1-4-12-14(17)15(8-9(2)3)11-6-5-10(16)7-13(11)18-12/h5-7,9,12,16H,4,8H2,1-3H3. The number of phenolic OH excluding ortho intramolecular Hbond substituents is 1. The molecular weight excluding hydrogens is 230 g/mol. The molecule has 0 spiro atoms. The molecule has 0 fully saturated rings. The van der Waals surface area contributed by atoms with Gasteiger partial charge in [0.15, 0.2) is 6.10 Å². The average molecular weight is 249 g/mol. The summed E-state index contributed by atoms with van der Waals surface area (Å²) in [6.07, 6.45) is 0.181. The number of hydrogen-bond donors (Lipinski definition) is 1. The minimum absolute atomic E-state index is 0.00406. The molecule has 0 aromatic heterocycles. The first-order valence-corrected chi connectivity index (χ1v) is 6.34. The van der Waals surface area contributed by atoms with E-state index in [4.69, 9.17) is 4.74 Å². The van der Waals surface area contributed by atoms with Gasteiger partial charge in [0.25, 0.3) is 5.91 Å². The lowest BCUT2D eigenvalue weighted by atomic mass is 10.1. The van der Waals surface area contributed by atoms with E-state index >= 15 is 0 Å². The Labute approximate surface area is 107 Å². The Morgan fingerprint density at radius 2 is 2.17 bits per heavy atom. The van der Waals surface area contributed by atoms with Gasteiger partial charge in [0, 0.05) is 12.6 Å². The number of ether oxygens (including phenoxy) is 1. The van der Waals surface area contributed by atoms with Crippen molar-refractivity contribution in [2.75, 3.05) is 11.4 Å². The number of carbonyl (C=O) groups excluding carboxylic acids is 1. The molecule has 1 aromatic rings. The molecule has 4 heteroatoms. The number of aromatic hydroxyl groups is 1. The van der Waals surface area contributed by atoms with Crippen LogP contribution in [0.4, 0.5) is 5.69 Å². The van der Waals surface area contributed by atoms with E-state index in [1.807, 2.05) is 6.92 Å². The van der Waals surface area contributed by atoms with Gasteiger partial charge in [0.1, 0.15) is 11.5 Å². The van der Waals surface area contributed by atoms with Crippen LogP contribution in [0.25, 0.3) is 0 Å². The van der Waals surface area contributed by atoms with Crippen LogP contribution in [-0.4, -0.2) is 23.7 Å². The van der Waals surface area contributed by atoms with E-state index in [9.17, 15) is 9.90 Å². The lowest BCUT2D eigenvalue weighted by molar-refractivity contribution is -0.126. The highest BCUT2D eigenvalue weighted by atomic mass is 16.5. The van der Waals surface area contributed by atoms with Crippen LogP contribution in [0.2, 0.25) is 0 Å². The van der Waals surface area contributed by atoms with Gasteiger partial charge in [0.05, 0.1) is 5.69 Å². The van der Waals surface area contributed by atoms with Gasteiger partial charge in [-0.25, -0.2) is 0 Å². The quantitative estimate of drug-likeness (QED) is 0.895. The predicted octanol–water partition coefficient (Wildman–Crippen LogP) is 2.55. The van der Waals surface area contributed by atoms with Gasteiger partial charge in [0.2, 0.25) is 0 Å². The molecule has 0 saturated carbocycles. The highest BCUT2D eigenvalue weighted by Crippen LogP contribution is 2.37. The molecule has 0 radical (unpaired) electrons. The van der Waals surface area contributed by atoms with Crippen LogP contribution in [0, 0.1) is 5.92 Å². The number of carbonyl (C=O) groups is 1. The first-order valence-electron chi connectivity index (χ1n) is 6.34. The van der Waals surface area contributed by atoms with Gasteiger partial charge in [-0.3, -0.25) is 4.79 Å². The molecule has 0 aliphatic carbocycles. The summed E-state index contributed by atoms with van der Waals surface area (Å²) in [6.45, 7) is 6.73. The molecule has 2 rings (SSSR count). The molecule has 1 aliphatic rings. The zero-order valence-corrected chi connectivity index (χ0v) is 11.0. The molecule has 1 aliphatic heterocycles. The smallest absolute Gasteiger partial charge is 0.268 e. The maximum absolute atomic E-state index is 12.3. The van der Waals surface area contributed by atoms with Crippen LogP contribution in [0.3, 0.4) is 0 Å². The number of anilines is 1. The third kappa shape index (κ3) is 2.28. The van der Waals surface area contributed by atoms with Crippen LogP contribution in [0.5, 0.6) is 11.5 Å². The van der Waals surface area contributed by atoms with Gasteiger partial charge in [-0.2, -0.15) is 0 Å². The fourth-order valence-electron chi connectivity index (χ4n) is 2.13. The molecule has 1 unspecified atom stereocenters. The van der Waals surface area contributed by atoms with Crippen molar-refractivity contribution < 1.29 is 14.6 Å². The summed E-state index contributed by atoms with van der Waals surface area (Å²) in [4.78, 5) is 14.0. The fraction of sp³-hybridized carbons (Fsp3) is 0.500. The first kappa shape index (κ1) is 12.7. The van der Waals surface area contributed by atoms with Crippen LogP contribution < -0.4 is 9.64 Å². The normalized spacial score (nSPS) is 18.8. The van der Waals surface area contributed by atoms with Crippen molar-refractivity contribution in [1.82, 2.24) is 0 Å². The average Bonchev–Trinajstić information content (AvgIpc) is 2.31. The molecule has 1 atom stereocenters. The summed E-state index contributed by atoms with van der Waals surface area (Å²) in [5.41, 5.74) is 0.746. The Morgan fingerprint density at radius 3 is 2.78 bits per heavy atom. The van der Waals surface area contributed by atoms with Gasteiger partial charge in [-0.15, -0.1) is 0 Å². The monoisotopic (exact) mass is 249 g/mol. The molecule has 0 saturated heterocycles. The summed E-state index contributed by atoms with van der Waals surface area (Å²) >= 11 is 0. The van der Waals surface area contributed by atoms with E-state index < -0.39 is 6.10 Å². The highest BCUT2D eigenvalue weighted by Gasteiger charge is 2.33. The number of phenols is 1. The third-order valence-electron chi connectivity index (χ3n) is 2.96. The van der Waals surface area contributed by atoms with Crippen molar-refractivity contribution in [2.45, 2.75) is 33.3 Å². The maximum atomic E-state index is 12.3. The summed E-state index contributed by atoms with van der Waals surface area (Å²) in [7, 11) is 0. The second kappa shape index (κ2) is 4.88. The van der Waals surface area contributed by atoms with E-state index in [-0.39, 0.29) is 11.7 Å². The lowest BCUT2D eigenvalue weighted by Gasteiger charge is -2.35. The second-order valence-corrected chi connectivity index (χ2v) is 5.01. The Hall–Kier alpha value is -1.71. The zero-order chi connectivity index (χ0) is 13.3. The summed E-state index contributed by atoms with van der Waals surface area (Å²) in [6, 6.07) is 4.88. The number of nitrogens with zero attached hydrogens (tertiary/aromatic N) is 1. The molecule has 0 bridgehead atoms. The lowest BCUT2D eigenvalue weighted by Crippen LogP contribution is -2.47. The SMILES string of the molecule is CCC1Oc2cc(O)ccc2N(CC(C)C)C1=O. The highest BCUT2D eigenvalue weighted by molar-refractivity contribution is 6.00. The van der Waals surface area contributed by atoms with E-state index in [2.05, 4.69) is 13.8 Å². The number of fused-ring (bicyclic) bond motifs is 1. The molecular formula is C14H19NO3. The third-order valence-corrected chi connectivity index (χ3v) is 2.96. The van der Waals surface area contributed by atoms with Crippen molar-refractivity contribution in [3.05, 3.63) is 18.2 Å². The summed E-state index contributed by atoms with van der Waals surface area (Å²) < 4.78 is 5.63. The molecule has 18 heavy (non-hydrogen) atoms. The second-order valence-electron chi connectivity index (χ2n) is 5.01. The predicted molar refractivity (Wildman–Crippen MR) is 70.0 cm³/mol. The largest absolute Gasteiger partial charge is 0.508 e. The van der Waals surface area contributed by atoms with Crippen molar-refractivity contribution in [3.63, 3.8) is 0 Å². The topological polar surface area (TPSA) is 49.8 Å². The fourth-order valence-corrected chi connectivity index (χ4v) is 2.13. The molecule has 1 N–H and O–H groups in total. The van der Waals surface area contributed by atoms with Crippen LogP contribution in [-0.2, 0) is 4.79 Å². The molecule has 1 amide bonds. The number of hydrogen-bond acceptors (Lipinski definition) is 3. The van der Waals surface area contributed by atoms with Crippen LogP contribution in [0.1, 0.15) is 27.2 Å². The van der Waals surface area contributed by atoms with Crippen molar-refractivity contribution >= 4 is 11.6 Å². The van der Waals surface area contributed by atoms with E-state index in [0.29, 0.717) is 24.6 Å². The molecule has 1 aromatic carbocycles. The molecule has 98 valence electrons. The molecule has 1 heterocycles. The summed E-state index contributed by atoms with van der Waals surface area (Å²) in [5.74, 6) is 1.13. The zero-order valence-electron chi connectivity index (χ0n) is 11.0. The van der Waals surface area contributed by atoms with Gasteiger partial charge in [-0.05, 0) is 24.5 Å². The van der Waals surface area contributed by atoms with Crippen molar-refractivity contribution in [3.8, 4) is 11.5 Å². The Balaban J connectivity index is 2.41. The van der Waals surface area contributed by atoms with Gasteiger partial charge in [-0.1, -0.05) is 20.8 Å². The van der Waals surface area contributed by atoms with Gasteiger partial charge < -0.3 is 14.7 Å². The number of rotatable bonds is 3. The minimum Gasteiger partial charge on any atom is -0.508 e. The van der Waals surface area contributed by atoms with E-state index in [0.717, 1.165) is 5.69 Å². The molecule has 4 nitrogen and oxygen atoms in total. The van der Waals surface area contributed by atoms with Crippen LogP contribution in [0.15, 0.2) is 18.2 Å². The van der Waals surface area contributed by atoms with E-state index in [1.165, 1.54) is 0 Å². The van der Waals surface area contributed by atoms with Gasteiger partial charge >= 0.3 is 0 Å². The van der Waals surface area contributed by atoms with E-state index in [1.54, 1.807) is 23.1 Å².